The normalized spacial score (nSPS) is 16.9. The van der Waals surface area contributed by atoms with Crippen molar-refractivity contribution in [1.82, 2.24) is 10.2 Å². The molecule has 0 aliphatic carbocycles. The van der Waals surface area contributed by atoms with Gasteiger partial charge < -0.3 is 15.1 Å². The molecule has 20 heavy (non-hydrogen) atoms. The monoisotopic (exact) mass is 275 g/mol. The predicted octanol–water partition coefficient (Wildman–Crippen LogP) is 1.82. The van der Waals surface area contributed by atoms with Gasteiger partial charge in [-0.3, -0.25) is 4.79 Å². The van der Waals surface area contributed by atoms with Crippen LogP contribution in [0, 0.1) is 5.92 Å². The second-order valence-electron chi connectivity index (χ2n) is 5.90. The second-order valence-corrected chi connectivity index (χ2v) is 5.90. The van der Waals surface area contributed by atoms with Gasteiger partial charge in [-0.2, -0.15) is 0 Å². The molecule has 0 atom stereocenters. The van der Waals surface area contributed by atoms with E-state index in [1.807, 2.05) is 43.3 Å². The third-order valence-electron chi connectivity index (χ3n) is 4.01. The molecule has 1 amide bonds. The quantitative estimate of drug-likeness (QED) is 0.910. The summed E-state index contributed by atoms with van der Waals surface area (Å²) in [6.07, 6.45) is 2.35. The number of hydrogen-bond acceptors (Lipinski definition) is 3. The molecule has 110 valence electrons. The number of amides is 1. The van der Waals surface area contributed by atoms with E-state index in [9.17, 15) is 4.79 Å². The molecule has 0 spiro atoms. The van der Waals surface area contributed by atoms with Crippen molar-refractivity contribution in [2.45, 2.75) is 12.8 Å². The maximum Gasteiger partial charge on any atom is 0.251 e. The van der Waals surface area contributed by atoms with Crippen LogP contribution in [0.1, 0.15) is 23.2 Å². The first-order valence-corrected chi connectivity index (χ1v) is 7.30. The van der Waals surface area contributed by atoms with Gasteiger partial charge in [0.15, 0.2) is 0 Å². The van der Waals surface area contributed by atoms with Crippen LogP contribution in [0.15, 0.2) is 24.3 Å². The molecule has 1 fully saturated rings. The summed E-state index contributed by atoms with van der Waals surface area (Å²) in [4.78, 5) is 16.5. The van der Waals surface area contributed by atoms with E-state index in [1.54, 1.807) is 0 Å². The first-order valence-electron chi connectivity index (χ1n) is 7.30. The molecular formula is C16H25N3O. The zero-order chi connectivity index (χ0) is 14.5. The summed E-state index contributed by atoms with van der Waals surface area (Å²) in [5, 5.41) is 3.07. The van der Waals surface area contributed by atoms with Crippen LogP contribution in [0.5, 0.6) is 0 Å². The Kier molecular flexibility index (Phi) is 5.01. The van der Waals surface area contributed by atoms with Crippen molar-refractivity contribution in [2.24, 2.45) is 5.92 Å². The van der Waals surface area contributed by atoms with Gasteiger partial charge in [0.1, 0.15) is 0 Å². The first kappa shape index (κ1) is 14.9. The minimum absolute atomic E-state index is 0.0348. The van der Waals surface area contributed by atoms with Crippen molar-refractivity contribution in [3.63, 3.8) is 0 Å². The van der Waals surface area contributed by atoms with Crippen LogP contribution in [0.2, 0.25) is 0 Å². The van der Waals surface area contributed by atoms with Gasteiger partial charge in [0, 0.05) is 31.9 Å². The lowest BCUT2D eigenvalue weighted by molar-refractivity contribution is 0.0939. The Balaban J connectivity index is 1.87. The van der Waals surface area contributed by atoms with Crippen LogP contribution in [0.4, 0.5) is 5.69 Å². The smallest absolute Gasteiger partial charge is 0.251 e. The average molecular weight is 275 g/mol. The van der Waals surface area contributed by atoms with E-state index in [0.29, 0.717) is 5.92 Å². The van der Waals surface area contributed by atoms with E-state index in [1.165, 1.54) is 12.8 Å². The highest BCUT2D eigenvalue weighted by molar-refractivity contribution is 5.95. The number of carbonyl (C=O) groups excluding carboxylic acids is 1. The summed E-state index contributed by atoms with van der Waals surface area (Å²) >= 11 is 0. The number of piperidine rings is 1. The fourth-order valence-electron chi connectivity index (χ4n) is 2.53. The largest absolute Gasteiger partial charge is 0.378 e. The van der Waals surface area contributed by atoms with Gasteiger partial charge in [0.25, 0.3) is 5.91 Å². The third-order valence-corrected chi connectivity index (χ3v) is 4.01. The number of nitrogens with zero attached hydrogens (tertiary/aromatic N) is 2. The number of anilines is 1. The Morgan fingerprint density at radius 3 is 2.70 bits per heavy atom. The lowest BCUT2D eigenvalue weighted by atomic mass is 9.97. The van der Waals surface area contributed by atoms with Crippen molar-refractivity contribution in [1.29, 1.82) is 0 Å². The number of benzene rings is 1. The van der Waals surface area contributed by atoms with Gasteiger partial charge in [0.05, 0.1) is 0 Å². The number of rotatable bonds is 4. The molecule has 2 rings (SSSR count). The van der Waals surface area contributed by atoms with E-state index in [-0.39, 0.29) is 5.91 Å². The van der Waals surface area contributed by atoms with Crippen molar-refractivity contribution < 1.29 is 4.79 Å². The Hall–Kier alpha value is -1.55. The van der Waals surface area contributed by atoms with E-state index < -0.39 is 0 Å². The summed E-state index contributed by atoms with van der Waals surface area (Å²) in [5.74, 6) is 0.653. The van der Waals surface area contributed by atoms with Crippen molar-refractivity contribution in [3.05, 3.63) is 29.8 Å². The van der Waals surface area contributed by atoms with Crippen LogP contribution >= 0.6 is 0 Å². The average Bonchev–Trinajstić information content (AvgIpc) is 2.46. The highest BCUT2D eigenvalue weighted by atomic mass is 16.1. The molecule has 0 aromatic heterocycles. The number of hydrogen-bond donors (Lipinski definition) is 1. The first-order chi connectivity index (χ1) is 9.56. The fourth-order valence-corrected chi connectivity index (χ4v) is 2.53. The Labute approximate surface area is 121 Å². The zero-order valence-corrected chi connectivity index (χ0v) is 12.7. The number of carbonyl (C=O) groups is 1. The summed E-state index contributed by atoms with van der Waals surface area (Å²) < 4.78 is 0. The van der Waals surface area contributed by atoms with Gasteiger partial charge >= 0.3 is 0 Å². The summed E-state index contributed by atoms with van der Waals surface area (Å²) in [7, 11) is 6.12. The van der Waals surface area contributed by atoms with Gasteiger partial charge in [-0.1, -0.05) is 6.07 Å². The molecule has 1 aliphatic rings. The Morgan fingerprint density at radius 1 is 1.35 bits per heavy atom. The summed E-state index contributed by atoms with van der Waals surface area (Å²) in [5.41, 5.74) is 1.79. The van der Waals surface area contributed by atoms with E-state index in [0.717, 1.165) is 30.9 Å². The molecule has 1 aromatic rings. The zero-order valence-electron chi connectivity index (χ0n) is 12.7. The van der Waals surface area contributed by atoms with Crippen LogP contribution < -0.4 is 10.2 Å². The molecule has 4 heteroatoms. The highest BCUT2D eigenvalue weighted by Crippen LogP contribution is 2.16. The molecule has 1 aliphatic heterocycles. The predicted molar refractivity (Wildman–Crippen MR) is 83.3 cm³/mol. The molecule has 0 radical (unpaired) electrons. The van der Waals surface area contributed by atoms with Crippen LogP contribution in [-0.4, -0.2) is 51.6 Å². The molecule has 4 nitrogen and oxygen atoms in total. The maximum atomic E-state index is 12.2. The number of nitrogens with one attached hydrogen (secondary N) is 1. The molecule has 0 unspecified atom stereocenters. The van der Waals surface area contributed by atoms with E-state index in [4.69, 9.17) is 0 Å². The molecule has 1 N–H and O–H groups in total. The van der Waals surface area contributed by atoms with Gasteiger partial charge in [0.2, 0.25) is 0 Å². The molecular weight excluding hydrogens is 250 g/mol. The highest BCUT2D eigenvalue weighted by Gasteiger charge is 2.17. The SMILES string of the molecule is CN1CCC(CNC(=O)c2cccc(N(C)C)c2)CC1. The summed E-state index contributed by atoms with van der Waals surface area (Å²) in [6.45, 7) is 3.06. The standard InChI is InChI=1S/C16H25N3O/c1-18(2)15-6-4-5-14(11-15)16(20)17-12-13-7-9-19(3)10-8-13/h4-6,11,13H,7-10,12H2,1-3H3,(H,17,20). The third kappa shape index (κ3) is 3.97. The number of likely N-dealkylation sites (tertiary alicyclic amines) is 1. The molecule has 1 saturated heterocycles. The van der Waals surface area contributed by atoms with E-state index >= 15 is 0 Å². The topological polar surface area (TPSA) is 35.6 Å². The van der Waals surface area contributed by atoms with Crippen LogP contribution in [0.25, 0.3) is 0 Å². The second kappa shape index (κ2) is 6.75. The van der Waals surface area contributed by atoms with E-state index in [2.05, 4.69) is 17.3 Å². The van der Waals surface area contributed by atoms with Crippen molar-refractivity contribution in [3.8, 4) is 0 Å². The lowest BCUT2D eigenvalue weighted by Gasteiger charge is -2.28. The minimum atomic E-state index is 0.0348. The van der Waals surface area contributed by atoms with Crippen LogP contribution in [0.3, 0.4) is 0 Å². The van der Waals surface area contributed by atoms with Gasteiger partial charge in [-0.25, -0.2) is 0 Å². The fraction of sp³-hybridized carbons (Fsp3) is 0.562. The minimum Gasteiger partial charge on any atom is -0.378 e. The van der Waals surface area contributed by atoms with Gasteiger partial charge in [-0.15, -0.1) is 0 Å². The van der Waals surface area contributed by atoms with Crippen molar-refractivity contribution >= 4 is 11.6 Å². The maximum absolute atomic E-state index is 12.2. The van der Waals surface area contributed by atoms with Crippen LogP contribution in [-0.2, 0) is 0 Å². The molecule has 1 aromatic carbocycles. The molecule has 0 saturated carbocycles. The Morgan fingerprint density at radius 2 is 2.05 bits per heavy atom. The van der Waals surface area contributed by atoms with Gasteiger partial charge in [-0.05, 0) is 57.1 Å². The molecule has 0 bridgehead atoms. The Bertz CT molecular complexity index is 451. The molecule has 1 heterocycles. The van der Waals surface area contributed by atoms with Crippen molar-refractivity contribution in [2.75, 3.05) is 45.7 Å². The lowest BCUT2D eigenvalue weighted by Crippen LogP contribution is -2.36. The summed E-state index contributed by atoms with van der Waals surface area (Å²) in [6, 6.07) is 7.74.